The monoisotopic (exact) mass is 421 g/mol. The molecule has 1 aliphatic carbocycles. The highest BCUT2D eigenvalue weighted by Gasteiger charge is 2.34. The molecule has 3 heterocycles. The Morgan fingerprint density at radius 2 is 2.03 bits per heavy atom. The Balaban J connectivity index is 1.37. The zero-order valence-electron chi connectivity index (χ0n) is 17.6. The lowest BCUT2D eigenvalue weighted by Crippen LogP contribution is -2.46. The van der Waals surface area contributed by atoms with E-state index in [-0.39, 0.29) is 17.9 Å². The molecule has 1 aromatic carbocycles. The molecule has 31 heavy (non-hydrogen) atoms. The second kappa shape index (κ2) is 7.85. The van der Waals surface area contributed by atoms with Crippen molar-refractivity contribution < 1.29 is 14.7 Å². The minimum Gasteiger partial charge on any atom is -0.391 e. The number of likely N-dealkylation sites (N-methyl/N-ethyl adjacent to an activating group) is 1. The summed E-state index contributed by atoms with van der Waals surface area (Å²) >= 11 is 0. The number of nitrogens with zero attached hydrogens (tertiary/aromatic N) is 3. The topological polar surface area (TPSA) is 105 Å². The molecule has 0 saturated heterocycles. The predicted molar refractivity (Wildman–Crippen MR) is 116 cm³/mol. The van der Waals surface area contributed by atoms with Crippen molar-refractivity contribution in [3.8, 4) is 0 Å². The molecule has 5 rings (SSSR count). The number of carbonyl (C=O) groups excluding carboxylic acids is 2. The summed E-state index contributed by atoms with van der Waals surface area (Å²) in [6.07, 6.45) is 3.62. The van der Waals surface area contributed by atoms with Crippen molar-refractivity contribution in [2.45, 2.75) is 50.8 Å². The Hall–Kier alpha value is -3.13. The summed E-state index contributed by atoms with van der Waals surface area (Å²) in [5.74, 6) is -0.291. The fourth-order valence-corrected chi connectivity index (χ4v) is 4.87. The lowest BCUT2D eigenvalue weighted by molar-refractivity contribution is 0.0263. The largest absolute Gasteiger partial charge is 0.391 e. The number of aliphatic hydroxyl groups is 1. The first-order chi connectivity index (χ1) is 15.0. The van der Waals surface area contributed by atoms with E-state index in [4.69, 9.17) is 0 Å². The smallest absolute Gasteiger partial charge is 0.274 e. The normalized spacial score (nSPS) is 21.2. The first kappa shape index (κ1) is 19.8. The summed E-state index contributed by atoms with van der Waals surface area (Å²) in [7, 11) is 1.73. The molecule has 3 N–H and O–H groups in total. The molecule has 8 nitrogen and oxygen atoms in total. The van der Waals surface area contributed by atoms with Gasteiger partial charge < -0.3 is 19.9 Å². The minimum atomic E-state index is -0.502. The Labute approximate surface area is 180 Å². The minimum absolute atomic E-state index is 0.0856. The van der Waals surface area contributed by atoms with Gasteiger partial charge in [-0.25, -0.2) is 0 Å². The highest BCUT2D eigenvalue weighted by Crippen LogP contribution is 2.27. The van der Waals surface area contributed by atoms with Gasteiger partial charge in [0.15, 0.2) is 5.69 Å². The van der Waals surface area contributed by atoms with Crippen LogP contribution < -0.4 is 0 Å². The molecular weight excluding hydrogens is 394 g/mol. The molecule has 2 aromatic heterocycles. The summed E-state index contributed by atoms with van der Waals surface area (Å²) < 4.78 is 0. The maximum absolute atomic E-state index is 13.2. The average Bonchev–Trinajstić information content (AvgIpc) is 3.41. The van der Waals surface area contributed by atoms with E-state index in [2.05, 4.69) is 15.2 Å². The number of hydrogen-bond acceptors (Lipinski definition) is 4. The molecular formula is C23H27N5O3. The molecule has 1 aliphatic heterocycles. The molecule has 8 heteroatoms. The highest BCUT2D eigenvalue weighted by molar-refractivity contribution is 5.98. The van der Waals surface area contributed by atoms with E-state index in [1.807, 2.05) is 30.3 Å². The number of para-hydroxylation sites is 1. The van der Waals surface area contributed by atoms with Gasteiger partial charge in [0.25, 0.3) is 11.8 Å². The molecule has 0 radical (unpaired) electrons. The number of aromatic nitrogens is 3. The molecule has 0 spiro atoms. The highest BCUT2D eigenvalue weighted by atomic mass is 16.3. The Kier molecular flexibility index (Phi) is 5.02. The standard InChI is InChI=1S/C23H27N5O3/c1-27(19-8-4-5-9-20(19)29)23(31)21-15-13-28(11-10-17(15)25-26-21)22(30)18-12-14-6-2-3-7-16(14)24-18/h2-3,6-7,12,19-20,24,29H,4-5,8-11,13H2,1H3,(H,25,26). The Morgan fingerprint density at radius 3 is 2.84 bits per heavy atom. The van der Waals surface area contributed by atoms with Crippen molar-refractivity contribution in [3.63, 3.8) is 0 Å². The van der Waals surface area contributed by atoms with E-state index < -0.39 is 6.10 Å². The van der Waals surface area contributed by atoms with Gasteiger partial charge in [-0.3, -0.25) is 14.7 Å². The van der Waals surface area contributed by atoms with Gasteiger partial charge in [-0.2, -0.15) is 5.10 Å². The van der Waals surface area contributed by atoms with Crippen LogP contribution >= 0.6 is 0 Å². The van der Waals surface area contributed by atoms with Gasteiger partial charge in [-0.15, -0.1) is 0 Å². The molecule has 0 bridgehead atoms. The number of rotatable bonds is 3. The lowest BCUT2D eigenvalue weighted by atomic mass is 9.91. The van der Waals surface area contributed by atoms with Gasteiger partial charge in [-0.1, -0.05) is 31.0 Å². The van der Waals surface area contributed by atoms with E-state index in [0.29, 0.717) is 37.3 Å². The van der Waals surface area contributed by atoms with Crippen molar-refractivity contribution in [2.24, 2.45) is 0 Å². The molecule has 162 valence electrons. The Morgan fingerprint density at radius 1 is 1.23 bits per heavy atom. The third kappa shape index (κ3) is 3.50. The van der Waals surface area contributed by atoms with Crippen LogP contribution in [0.1, 0.15) is 57.9 Å². The first-order valence-corrected chi connectivity index (χ1v) is 10.9. The van der Waals surface area contributed by atoms with Crippen LogP contribution in [0.25, 0.3) is 10.9 Å². The van der Waals surface area contributed by atoms with Gasteiger partial charge in [0, 0.05) is 42.2 Å². The summed E-state index contributed by atoms with van der Waals surface area (Å²) in [6, 6.07) is 9.47. The van der Waals surface area contributed by atoms with Gasteiger partial charge in [0.05, 0.1) is 18.7 Å². The molecule has 2 unspecified atom stereocenters. The van der Waals surface area contributed by atoms with Crippen LogP contribution in [0.15, 0.2) is 30.3 Å². The third-order valence-corrected chi connectivity index (χ3v) is 6.70. The SMILES string of the molecule is CN(C(=O)c1n[nH]c2c1CN(C(=O)c1cc3ccccc3[nH]1)CC2)C1CCCCC1O. The second-order valence-corrected chi connectivity index (χ2v) is 8.61. The number of hydrogen-bond donors (Lipinski definition) is 3. The zero-order chi connectivity index (χ0) is 21.5. The molecule has 2 atom stereocenters. The average molecular weight is 422 g/mol. The van der Waals surface area contributed by atoms with Gasteiger partial charge in [0.2, 0.25) is 0 Å². The van der Waals surface area contributed by atoms with Crippen molar-refractivity contribution in [2.75, 3.05) is 13.6 Å². The summed E-state index contributed by atoms with van der Waals surface area (Å²) in [6.45, 7) is 0.899. The Bertz CT molecular complexity index is 1100. The fraction of sp³-hybridized carbons (Fsp3) is 0.435. The number of H-pyrrole nitrogens is 2. The number of aromatic amines is 2. The lowest BCUT2D eigenvalue weighted by Gasteiger charge is -2.35. The van der Waals surface area contributed by atoms with Crippen LogP contribution in [0, 0.1) is 0 Å². The summed E-state index contributed by atoms with van der Waals surface area (Å²) in [5.41, 5.74) is 3.50. The van der Waals surface area contributed by atoms with E-state index in [9.17, 15) is 14.7 Å². The van der Waals surface area contributed by atoms with Crippen molar-refractivity contribution in [3.05, 3.63) is 53.0 Å². The predicted octanol–water partition coefficient (Wildman–Crippen LogP) is 2.47. The number of aliphatic hydroxyl groups excluding tert-OH is 1. The van der Waals surface area contributed by atoms with Crippen LogP contribution in [-0.4, -0.2) is 67.6 Å². The third-order valence-electron chi connectivity index (χ3n) is 6.70. The fourth-order valence-electron chi connectivity index (χ4n) is 4.87. The van der Waals surface area contributed by atoms with Crippen LogP contribution in [0.2, 0.25) is 0 Å². The maximum atomic E-state index is 13.2. The van der Waals surface area contributed by atoms with Crippen LogP contribution in [-0.2, 0) is 13.0 Å². The number of carbonyl (C=O) groups is 2. The summed E-state index contributed by atoms with van der Waals surface area (Å²) in [5, 5.41) is 18.6. The number of fused-ring (bicyclic) bond motifs is 2. The molecule has 2 amide bonds. The van der Waals surface area contributed by atoms with Crippen LogP contribution in [0.4, 0.5) is 0 Å². The molecule has 2 aliphatic rings. The zero-order valence-corrected chi connectivity index (χ0v) is 17.6. The maximum Gasteiger partial charge on any atom is 0.274 e. The van der Waals surface area contributed by atoms with Gasteiger partial charge >= 0.3 is 0 Å². The molecule has 3 aromatic rings. The second-order valence-electron chi connectivity index (χ2n) is 8.61. The molecule has 1 saturated carbocycles. The van der Waals surface area contributed by atoms with E-state index in [0.717, 1.165) is 41.4 Å². The summed E-state index contributed by atoms with van der Waals surface area (Å²) in [4.78, 5) is 32.9. The number of nitrogens with one attached hydrogen (secondary N) is 2. The first-order valence-electron chi connectivity index (χ1n) is 10.9. The number of benzene rings is 1. The van der Waals surface area contributed by atoms with Crippen molar-refractivity contribution in [1.82, 2.24) is 25.0 Å². The van der Waals surface area contributed by atoms with E-state index in [1.165, 1.54) is 0 Å². The van der Waals surface area contributed by atoms with Crippen LogP contribution in [0.3, 0.4) is 0 Å². The quantitative estimate of drug-likeness (QED) is 0.604. The number of amides is 2. The van der Waals surface area contributed by atoms with Gasteiger partial charge in [0.1, 0.15) is 5.69 Å². The van der Waals surface area contributed by atoms with E-state index >= 15 is 0 Å². The van der Waals surface area contributed by atoms with Crippen molar-refractivity contribution >= 4 is 22.7 Å². The molecule has 1 fully saturated rings. The van der Waals surface area contributed by atoms with Gasteiger partial charge in [-0.05, 0) is 25.0 Å². The van der Waals surface area contributed by atoms with E-state index in [1.54, 1.807) is 16.8 Å². The van der Waals surface area contributed by atoms with Crippen LogP contribution in [0.5, 0.6) is 0 Å². The van der Waals surface area contributed by atoms with Crippen molar-refractivity contribution in [1.29, 1.82) is 0 Å².